The highest BCUT2D eigenvalue weighted by Gasteiger charge is 2.32. The highest BCUT2D eigenvalue weighted by atomic mass is 35.5. The van der Waals surface area contributed by atoms with Crippen LogP contribution in [-0.2, 0) is 0 Å². The number of halogens is 2. The lowest BCUT2D eigenvalue weighted by molar-refractivity contribution is 0.155. The van der Waals surface area contributed by atoms with Crippen molar-refractivity contribution in [2.45, 2.75) is 122 Å². The van der Waals surface area contributed by atoms with Crippen LogP contribution in [0.1, 0.15) is 128 Å². The Morgan fingerprint density at radius 1 is 0.882 bits per heavy atom. The molecule has 2 fully saturated rings. The third-order valence-corrected chi connectivity index (χ3v) is 9.05. The van der Waals surface area contributed by atoms with Crippen molar-refractivity contribution >= 4 is 11.6 Å². The maximum Gasteiger partial charge on any atom is 0.183 e. The van der Waals surface area contributed by atoms with Gasteiger partial charge >= 0.3 is 0 Å². The standard InChI is InChI=1S/C31H48ClFO/c1-3-5-6-7-8-9-10-11-12-24-13-15-25(16-14-24)26-17-19-27(20-18-26)28-21-22-29(34-23-4-2)31(33)30(28)32/h4,21-22,24-27H,2-3,5-20,23H2,1H3. The normalized spacial score (nSPS) is 25.3. The summed E-state index contributed by atoms with van der Waals surface area (Å²) < 4.78 is 20.0. The molecule has 1 nitrogen and oxygen atoms in total. The quantitative estimate of drug-likeness (QED) is 0.186. The molecule has 3 heteroatoms. The number of benzene rings is 1. The van der Waals surface area contributed by atoms with E-state index in [9.17, 15) is 4.39 Å². The zero-order valence-electron chi connectivity index (χ0n) is 21.6. The first-order valence-corrected chi connectivity index (χ1v) is 14.7. The van der Waals surface area contributed by atoms with Crippen LogP contribution in [0.25, 0.3) is 0 Å². The van der Waals surface area contributed by atoms with Gasteiger partial charge in [0, 0.05) is 0 Å². The third kappa shape index (κ3) is 8.28. The van der Waals surface area contributed by atoms with Gasteiger partial charge in [0.25, 0.3) is 0 Å². The molecule has 2 aliphatic rings. The van der Waals surface area contributed by atoms with Crippen molar-refractivity contribution in [1.29, 1.82) is 0 Å². The third-order valence-electron chi connectivity index (χ3n) is 8.67. The molecular formula is C31H48ClFO. The molecule has 0 unspecified atom stereocenters. The summed E-state index contributed by atoms with van der Waals surface area (Å²) in [5.74, 6) is 2.95. The summed E-state index contributed by atoms with van der Waals surface area (Å²) in [6.07, 6.45) is 25.1. The lowest BCUT2D eigenvalue weighted by atomic mass is 9.68. The molecule has 2 aliphatic carbocycles. The fourth-order valence-electron chi connectivity index (χ4n) is 6.54. The van der Waals surface area contributed by atoms with Crippen LogP contribution >= 0.6 is 11.6 Å². The SMILES string of the molecule is C=CCOc1ccc(C2CCC(C3CCC(CCCCCCCCCC)CC3)CC2)c(Cl)c1F. The summed E-state index contributed by atoms with van der Waals surface area (Å²) in [4.78, 5) is 0. The summed E-state index contributed by atoms with van der Waals surface area (Å²) >= 11 is 6.42. The van der Waals surface area contributed by atoms with Crippen molar-refractivity contribution in [1.82, 2.24) is 0 Å². The van der Waals surface area contributed by atoms with Gasteiger partial charge < -0.3 is 4.74 Å². The van der Waals surface area contributed by atoms with Gasteiger partial charge in [-0.1, -0.05) is 108 Å². The van der Waals surface area contributed by atoms with Crippen molar-refractivity contribution in [3.8, 4) is 5.75 Å². The van der Waals surface area contributed by atoms with Crippen LogP contribution in [0.4, 0.5) is 4.39 Å². The van der Waals surface area contributed by atoms with E-state index in [2.05, 4.69) is 13.5 Å². The van der Waals surface area contributed by atoms with E-state index >= 15 is 0 Å². The monoisotopic (exact) mass is 490 g/mol. The molecule has 0 aromatic heterocycles. The Balaban J connectivity index is 1.33. The molecule has 0 N–H and O–H groups in total. The summed E-state index contributed by atoms with van der Waals surface area (Å²) in [6, 6.07) is 3.71. The molecule has 0 radical (unpaired) electrons. The molecule has 0 bridgehead atoms. The van der Waals surface area contributed by atoms with Crippen LogP contribution in [-0.4, -0.2) is 6.61 Å². The second-order valence-corrected chi connectivity index (χ2v) is 11.4. The summed E-state index contributed by atoms with van der Waals surface area (Å²) in [5, 5.41) is 0.256. The van der Waals surface area contributed by atoms with Gasteiger partial charge in [0.05, 0.1) is 5.02 Å². The Morgan fingerprint density at radius 3 is 2.09 bits per heavy atom. The van der Waals surface area contributed by atoms with Crippen LogP contribution < -0.4 is 4.74 Å². The average Bonchev–Trinajstić information content (AvgIpc) is 2.87. The smallest absolute Gasteiger partial charge is 0.183 e. The van der Waals surface area contributed by atoms with Crippen molar-refractivity contribution in [2.75, 3.05) is 6.61 Å². The number of rotatable bonds is 14. The van der Waals surface area contributed by atoms with Gasteiger partial charge in [-0.2, -0.15) is 0 Å². The number of ether oxygens (including phenoxy) is 1. The van der Waals surface area contributed by atoms with Gasteiger partial charge in [-0.3, -0.25) is 0 Å². The maximum absolute atomic E-state index is 14.6. The van der Waals surface area contributed by atoms with E-state index in [4.69, 9.17) is 16.3 Å². The van der Waals surface area contributed by atoms with Crippen LogP contribution in [0, 0.1) is 23.6 Å². The first-order valence-electron chi connectivity index (χ1n) is 14.4. The predicted octanol–water partition coefficient (Wildman–Crippen LogP) is 10.7. The molecule has 0 amide bonds. The highest BCUT2D eigenvalue weighted by molar-refractivity contribution is 6.31. The van der Waals surface area contributed by atoms with E-state index in [1.54, 1.807) is 12.1 Å². The van der Waals surface area contributed by atoms with Crippen molar-refractivity contribution in [3.05, 3.63) is 41.2 Å². The zero-order valence-corrected chi connectivity index (χ0v) is 22.4. The van der Waals surface area contributed by atoms with Gasteiger partial charge in [-0.15, -0.1) is 0 Å². The summed E-state index contributed by atoms with van der Waals surface area (Å²) in [7, 11) is 0. The molecule has 34 heavy (non-hydrogen) atoms. The van der Waals surface area contributed by atoms with Crippen LogP contribution in [0.2, 0.25) is 5.02 Å². The molecule has 1 aromatic rings. The van der Waals surface area contributed by atoms with Crippen LogP contribution in [0.5, 0.6) is 5.75 Å². The molecule has 0 saturated heterocycles. The number of hydrogen-bond acceptors (Lipinski definition) is 1. The van der Waals surface area contributed by atoms with Crippen LogP contribution in [0.3, 0.4) is 0 Å². The second kappa shape index (κ2) is 15.2. The predicted molar refractivity (Wildman–Crippen MR) is 144 cm³/mol. The first-order chi connectivity index (χ1) is 16.6. The van der Waals surface area contributed by atoms with E-state index in [0.29, 0.717) is 12.5 Å². The molecule has 1 aromatic carbocycles. The number of hydrogen-bond donors (Lipinski definition) is 0. The van der Waals surface area contributed by atoms with Gasteiger partial charge in [-0.05, 0) is 73.8 Å². The minimum atomic E-state index is -0.419. The lowest BCUT2D eigenvalue weighted by Gasteiger charge is -2.38. The van der Waals surface area contributed by atoms with Gasteiger partial charge in [0.2, 0.25) is 0 Å². The molecule has 2 saturated carbocycles. The van der Waals surface area contributed by atoms with Crippen molar-refractivity contribution in [3.63, 3.8) is 0 Å². The minimum Gasteiger partial charge on any atom is -0.486 e. The first kappa shape index (κ1) is 27.6. The molecule has 0 spiro atoms. The molecule has 3 rings (SSSR count). The molecule has 0 atom stereocenters. The Kier molecular flexibility index (Phi) is 12.3. The molecule has 192 valence electrons. The van der Waals surface area contributed by atoms with E-state index in [1.807, 2.05) is 6.07 Å². The average molecular weight is 491 g/mol. The van der Waals surface area contributed by atoms with Gasteiger partial charge in [0.15, 0.2) is 11.6 Å². The van der Waals surface area contributed by atoms with Crippen molar-refractivity contribution in [2.24, 2.45) is 17.8 Å². The molecule has 0 aliphatic heterocycles. The number of unbranched alkanes of at least 4 members (excludes halogenated alkanes) is 7. The van der Waals surface area contributed by atoms with Gasteiger partial charge in [-0.25, -0.2) is 4.39 Å². The van der Waals surface area contributed by atoms with E-state index in [0.717, 1.165) is 36.2 Å². The largest absolute Gasteiger partial charge is 0.486 e. The topological polar surface area (TPSA) is 9.23 Å². The lowest BCUT2D eigenvalue weighted by Crippen LogP contribution is -2.25. The molecule has 0 heterocycles. The Morgan fingerprint density at radius 2 is 1.47 bits per heavy atom. The van der Waals surface area contributed by atoms with Gasteiger partial charge in [0.1, 0.15) is 6.61 Å². The summed E-state index contributed by atoms with van der Waals surface area (Å²) in [5.41, 5.74) is 0.970. The Bertz CT molecular complexity index is 716. The van der Waals surface area contributed by atoms with Crippen LogP contribution in [0.15, 0.2) is 24.8 Å². The second-order valence-electron chi connectivity index (χ2n) is 11.0. The Labute approximate surface area is 213 Å². The van der Waals surface area contributed by atoms with Crippen molar-refractivity contribution < 1.29 is 9.13 Å². The van der Waals surface area contributed by atoms with E-state index in [-0.39, 0.29) is 10.8 Å². The fourth-order valence-corrected chi connectivity index (χ4v) is 6.85. The fraction of sp³-hybridized carbons (Fsp3) is 0.742. The Hall–Kier alpha value is -1.02. The molecular weight excluding hydrogens is 443 g/mol. The highest BCUT2D eigenvalue weighted by Crippen LogP contribution is 2.46. The zero-order chi connectivity index (χ0) is 24.2. The minimum absolute atomic E-state index is 0.228. The van der Waals surface area contributed by atoms with E-state index < -0.39 is 5.82 Å². The van der Waals surface area contributed by atoms with E-state index in [1.165, 1.54) is 96.3 Å². The summed E-state index contributed by atoms with van der Waals surface area (Å²) in [6.45, 7) is 6.20. The maximum atomic E-state index is 14.6.